The number of carbonyl (C=O) groups excluding carboxylic acids is 1. The largest absolute Gasteiger partial charge is 0.456 e. The normalized spacial score (nSPS) is 29.8. The van der Waals surface area contributed by atoms with Crippen molar-refractivity contribution in [3.8, 4) is 0 Å². The Kier molecular flexibility index (Phi) is 3.13. The molecule has 4 heteroatoms. The molecule has 0 radical (unpaired) electrons. The van der Waals surface area contributed by atoms with Crippen LogP contribution in [0.1, 0.15) is 35.6 Å². The molecule has 1 aliphatic carbocycles. The Labute approximate surface area is 113 Å². The first-order valence-corrected chi connectivity index (χ1v) is 6.99. The Hall–Kier alpha value is -1.29. The van der Waals surface area contributed by atoms with Crippen LogP contribution in [0.3, 0.4) is 0 Å². The van der Waals surface area contributed by atoms with Crippen LogP contribution >= 0.6 is 0 Å². The number of hydrogen-bond donors (Lipinski definition) is 0. The fourth-order valence-electron chi connectivity index (χ4n) is 3.80. The fourth-order valence-corrected chi connectivity index (χ4v) is 3.80. The van der Waals surface area contributed by atoms with E-state index in [1.165, 1.54) is 19.3 Å². The molecule has 1 amide bonds. The molecule has 1 saturated heterocycles. The van der Waals surface area contributed by atoms with Gasteiger partial charge in [-0.15, -0.1) is 0 Å². The van der Waals surface area contributed by atoms with Gasteiger partial charge in [-0.25, -0.2) is 0 Å². The lowest BCUT2D eigenvalue weighted by Gasteiger charge is -2.27. The quantitative estimate of drug-likeness (QED) is 0.841. The zero-order valence-electron chi connectivity index (χ0n) is 11.6. The molecular weight excluding hydrogens is 242 g/mol. The molecule has 0 spiro atoms. The number of ether oxygens (including phenoxy) is 1. The highest BCUT2D eigenvalue weighted by molar-refractivity contribution is 5.91. The van der Waals surface area contributed by atoms with E-state index in [2.05, 4.69) is 0 Å². The maximum absolute atomic E-state index is 12.4. The minimum absolute atomic E-state index is 0.0259. The van der Waals surface area contributed by atoms with Crippen molar-refractivity contribution in [1.82, 2.24) is 4.90 Å². The number of aryl methyl sites for hydroxylation is 1. The predicted octanol–water partition coefficient (Wildman–Crippen LogP) is 2.48. The van der Waals surface area contributed by atoms with Crippen LogP contribution in [0.25, 0.3) is 0 Å². The number of fused-ring (bicyclic) bond motifs is 1. The standard InChI is InChI=1S/C15H21NO3/c1-11-5-6-13(19-11)14(17)16-8-12-4-3-7-15(12,9-16)10-18-2/h5-6,12H,3-4,7-10H2,1-2H3/t12-,15+/m1/s1. The molecule has 104 valence electrons. The second-order valence-electron chi connectivity index (χ2n) is 5.98. The highest BCUT2D eigenvalue weighted by Crippen LogP contribution is 2.49. The molecule has 2 atom stereocenters. The number of amides is 1. The lowest BCUT2D eigenvalue weighted by Crippen LogP contribution is -2.34. The van der Waals surface area contributed by atoms with E-state index in [1.54, 1.807) is 13.2 Å². The lowest BCUT2D eigenvalue weighted by molar-refractivity contribution is 0.0608. The van der Waals surface area contributed by atoms with E-state index in [4.69, 9.17) is 9.15 Å². The molecule has 1 aromatic heterocycles. The molecule has 0 unspecified atom stereocenters. The first-order valence-electron chi connectivity index (χ1n) is 6.99. The number of nitrogens with zero attached hydrogens (tertiary/aromatic N) is 1. The summed E-state index contributed by atoms with van der Waals surface area (Å²) in [7, 11) is 1.75. The smallest absolute Gasteiger partial charge is 0.289 e. The predicted molar refractivity (Wildman–Crippen MR) is 71.0 cm³/mol. The average Bonchev–Trinajstić information content (AvgIpc) is 3.02. The number of furan rings is 1. The van der Waals surface area contributed by atoms with Gasteiger partial charge < -0.3 is 14.1 Å². The first-order chi connectivity index (χ1) is 9.14. The second-order valence-corrected chi connectivity index (χ2v) is 5.98. The Morgan fingerprint density at radius 2 is 2.42 bits per heavy atom. The van der Waals surface area contributed by atoms with Crippen LogP contribution < -0.4 is 0 Å². The van der Waals surface area contributed by atoms with E-state index in [9.17, 15) is 4.79 Å². The molecule has 2 heterocycles. The van der Waals surface area contributed by atoms with Crippen molar-refractivity contribution in [3.63, 3.8) is 0 Å². The summed E-state index contributed by atoms with van der Waals surface area (Å²) in [5.74, 6) is 1.87. The summed E-state index contributed by atoms with van der Waals surface area (Å²) in [6.07, 6.45) is 3.65. The van der Waals surface area contributed by atoms with Crippen molar-refractivity contribution in [3.05, 3.63) is 23.7 Å². The lowest BCUT2D eigenvalue weighted by atomic mass is 9.82. The van der Waals surface area contributed by atoms with Crippen LogP contribution in [-0.2, 0) is 4.74 Å². The molecule has 2 fully saturated rings. The molecule has 3 rings (SSSR count). The number of carbonyl (C=O) groups is 1. The monoisotopic (exact) mass is 263 g/mol. The van der Waals surface area contributed by atoms with Crippen molar-refractivity contribution >= 4 is 5.91 Å². The molecule has 0 N–H and O–H groups in total. The Morgan fingerprint density at radius 1 is 1.58 bits per heavy atom. The van der Waals surface area contributed by atoms with Gasteiger partial charge in [0.05, 0.1) is 6.61 Å². The van der Waals surface area contributed by atoms with Crippen LogP contribution in [0.4, 0.5) is 0 Å². The molecule has 0 aromatic carbocycles. The molecule has 4 nitrogen and oxygen atoms in total. The molecule has 2 aliphatic rings. The van der Waals surface area contributed by atoms with Crippen molar-refractivity contribution in [2.45, 2.75) is 26.2 Å². The van der Waals surface area contributed by atoms with Crippen LogP contribution in [0.2, 0.25) is 0 Å². The zero-order chi connectivity index (χ0) is 13.5. The number of likely N-dealkylation sites (tertiary alicyclic amines) is 1. The Bertz CT molecular complexity index is 481. The fraction of sp³-hybridized carbons (Fsp3) is 0.667. The van der Waals surface area contributed by atoms with E-state index in [0.29, 0.717) is 11.7 Å². The number of methoxy groups -OCH3 is 1. The van der Waals surface area contributed by atoms with Gasteiger partial charge in [-0.2, -0.15) is 0 Å². The molecule has 0 bridgehead atoms. The summed E-state index contributed by atoms with van der Waals surface area (Å²) in [6, 6.07) is 3.61. The summed E-state index contributed by atoms with van der Waals surface area (Å²) < 4.78 is 10.9. The van der Waals surface area contributed by atoms with E-state index in [-0.39, 0.29) is 11.3 Å². The minimum Gasteiger partial charge on any atom is -0.456 e. The summed E-state index contributed by atoms with van der Waals surface area (Å²) >= 11 is 0. The average molecular weight is 263 g/mol. The minimum atomic E-state index is 0.0259. The molecular formula is C15H21NO3. The summed E-state index contributed by atoms with van der Waals surface area (Å²) in [4.78, 5) is 14.4. The molecule has 19 heavy (non-hydrogen) atoms. The Balaban J connectivity index is 1.76. The maximum atomic E-state index is 12.4. The zero-order valence-corrected chi connectivity index (χ0v) is 11.6. The van der Waals surface area contributed by atoms with Gasteiger partial charge in [0.15, 0.2) is 5.76 Å². The molecule has 1 aliphatic heterocycles. The van der Waals surface area contributed by atoms with Crippen molar-refractivity contribution in [1.29, 1.82) is 0 Å². The summed E-state index contributed by atoms with van der Waals surface area (Å²) in [5.41, 5.74) is 0.187. The van der Waals surface area contributed by atoms with Crippen LogP contribution in [-0.4, -0.2) is 37.6 Å². The van der Waals surface area contributed by atoms with Gasteiger partial charge in [-0.1, -0.05) is 6.42 Å². The highest BCUT2D eigenvalue weighted by Gasteiger charge is 2.50. The van der Waals surface area contributed by atoms with Gasteiger partial charge in [-0.3, -0.25) is 4.79 Å². The third-order valence-corrected chi connectivity index (χ3v) is 4.71. The topological polar surface area (TPSA) is 42.7 Å². The van der Waals surface area contributed by atoms with E-state index in [1.807, 2.05) is 17.9 Å². The van der Waals surface area contributed by atoms with Crippen LogP contribution in [0.5, 0.6) is 0 Å². The summed E-state index contributed by atoms with van der Waals surface area (Å²) in [6.45, 7) is 4.28. The number of rotatable bonds is 3. The Morgan fingerprint density at radius 3 is 3.11 bits per heavy atom. The van der Waals surface area contributed by atoms with Gasteiger partial charge in [0.2, 0.25) is 0 Å². The summed E-state index contributed by atoms with van der Waals surface area (Å²) in [5, 5.41) is 0. The van der Waals surface area contributed by atoms with Gasteiger partial charge in [0.1, 0.15) is 5.76 Å². The third kappa shape index (κ3) is 2.08. The van der Waals surface area contributed by atoms with Crippen molar-refractivity contribution < 1.29 is 13.9 Å². The van der Waals surface area contributed by atoms with E-state index >= 15 is 0 Å². The van der Waals surface area contributed by atoms with Crippen LogP contribution in [0, 0.1) is 18.3 Å². The van der Waals surface area contributed by atoms with Gasteiger partial charge in [0.25, 0.3) is 5.91 Å². The van der Waals surface area contributed by atoms with Crippen LogP contribution in [0.15, 0.2) is 16.5 Å². The molecule has 1 aromatic rings. The van der Waals surface area contributed by atoms with Gasteiger partial charge in [0, 0.05) is 25.6 Å². The maximum Gasteiger partial charge on any atom is 0.289 e. The van der Waals surface area contributed by atoms with Gasteiger partial charge >= 0.3 is 0 Å². The van der Waals surface area contributed by atoms with E-state index in [0.717, 1.165) is 25.5 Å². The highest BCUT2D eigenvalue weighted by atomic mass is 16.5. The third-order valence-electron chi connectivity index (χ3n) is 4.71. The first kappa shape index (κ1) is 12.7. The SMILES string of the molecule is COC[C@@]12CCC[C@@H]1CN(C(=O)c1ccc(C)o1)C2. The van der Waals surface area contributed by atoms with Gasteiger partial charge in [-0.05, 0) is 37.8 Å². The van der Waals surface area contributed by atoms with E-state index < -0.39 is 0 Å². The second kappa shape index (κ2) is 4.67. The molecule has 1 saturated carbocycles. The number of hydrogen-bond acceptors (Lipinski definition) is 3. The van der Waals surface area contributed by atoms with Crippen molar-refractivity contribution in [2.24, 2.45) is 11.3 Å². The van der Waals surface area contributed by atoms with Crippen molar-refractivity contribution in [2.75, 3.05) is 26.8 Å².